The number of nitrogens with zero attached hydrogens (tertiary/aromatic N) is 1. The molecule has 0 radical (unpaired) electrons. The van der Waals surface area contributed by atoms with E-state index < -0.39 is 17.8 Å². The highest BCUT2D eigenvalue weighted by Gasteiger charge is 2.52. The van der Waals surface area contributed by atoms with E-state index in [-0.39, 0.29) is 17.7 Å². The quantitative estimate of drug-likeness (QED) is 0.865. The number of carbonyl (C=O) groups excluding carboxylic acids is 1. The number of hydrogen-bond acceptors (Lipinski definition) is 3. The van der Waals surface area contributed by atoms with Crippen LogP contribution in [0.5, 0.6) is 0 Å². The van der Waals surface area contributed by atoms with Crippen molar-refractivity contribution in [3.63, 3.8) is 0 Å². The molecule has 2 bridgehead atoms. The van der Waals surface area contributed by atoms with Crippen LogP contribution in [-0.2, 0) is 16.1 Å². The Kier molecular flexibility index (Phi) is 3.38. The molecule has 1 amide bonds. The fraction of sp³-hybridized carbons (Fsp3) is 0.467. The Hall–Kier alpha value is -1.62. The largest absolute Gasteiger partial charge is 0.481 e. The zero-order valence-electron chi connectivity index (χ0n) is 11.2. The number of carbonyl (C=O) groups is 2. The minimum Gasteiger partial charge on any atom is -0.481 e. The Balaban J connectivity index is 1.76. The molecule has 1 N–H and O–H groups in total. The van der Waals surface area contributed by atoms with Crippen LogP contribution in [0.1, 0.15) is 11.3 Å². The summed E-state index contributed by atoms with van der Waals surface area (Å²) in [5.74, 6) is -1.70. The number of fused-ring (bicyclic) bond motifs is 2. The van der Waals surface area contributed by atoms with Gasteiger partial charge >= 0.3 is 5.97 Å². The van der Waals surface area contributed by atoms with Gasteiger partial charge in [-0.3, -0.25) is 9.59 Å². The topological polar surface area (TPSA) is 57.6 Å². The van der Waals surface area contributed by atoms with Gasteiger partial charge in [-0.05, 0) is 29.7 Å². The van der Waals surface area contributed by atoms with Gasteiger partial charge in [0.1, 0.15) is 0 Å². The van der Waals surface area contributed by atoms with E-state index in [2.05, 4.69) is 0 Å². The highest BCUT2D eigenvalue weighted by Crippen LogP contribution is 2.48. The van der Waals surface area contributed by atoms with E-state index in [0.717, 1.165) is 11.3 Å². The molecule has 0 aromatic carbocycles. The van der Waals surface area contributed by atoms with E-state index in [1.54, 1.807) is 23.3 Å². The highest BCUT2D eigenvalue weighted by atomic mass is 32.1. The molecule has 1 fully saturated rings. The number of rotatable bonds is 4. The van der Waals surface area contributed by atoms with Crippen LogP contribution in [0.25, 0.3) is 0 Å². The van der Waals surface area contributed by atoms with Gasteiger partial charge in [0, 0.05) is 11.9 Å². The molecule has 1 heterocycles. The number of allylic oxidation sites excluding steroid dienone is 2. The first-order valence-electron chi connectivity index (χ1n) is 6.76. The Labute approximate surface area is 121 Å². The van der Waals surface area contributed by atoms with Gasteiger partial charge in [-0.15, -0.1) is 11.3 Å². The summed E-state index contributed by atoms with van der Waals surface area (Å²) >= 11 is 1.61. The summed E-state index contributed by atoms with van der Waals surface area (Å²) in [6, 6.07) is 3.95. The lowest BCUT2D eigenvalue weighted by Crippen LogP contribution is -2.40. The van der Waals surface area contributed by atoms with E-state index in [1.807, 2.05) is 29.7 Å². The Morgan fingerprint density at radius 3 is 2.65 bits per heavy atom. The maximum atomic E-state index is 12.6. The summed E-state index contributed by atoms with van der Waals surface area (Å²) in [4.78, 5) is 26.8. The number of hydrogen-bond donors (Lipinski definition) is 1. The van der Waals surface area contributed by atoms with Crippen LogP contribution in [0.15, 0.2) is 29.7 Å². The first-order chi connectivity index (χ1) is 9.58. The summed E-state index contributed by atoms with van der Waals surface area (Å²) in [6.07, 6.45) is 4.79. The van der Waals surface area contributed by atoms with Crippen LogP contribution in [0, 0.1) is 23.7 Å². The average molecular weight is 291 g/mol. The summed E-state index contributed by atoms with van der Waals surface area (Å²) in [5.41, 5.74) is 0. The maximum Gasteiger partial charge on any atom is 0.307 e. The van der Waals surface area contributed by atoms with Crippen molar-refractivity contribution in [2.75, 3.05) is 7.05 Å². The molecule has 0 spiro atoms. The minimum atomic E-state index is -0.843. The van der Waals surface area contributed by atoms with Crippen LogP contribution >= 0.6 is 11.3 Å². The molecule has 4 atom stereocenters. The second-order valence-electron chi connectivity index (χ2n) is 5.61. The molecule has 20 heavy (non-hydrogen) atoms. The lowest BCUT2D eigenvalue weighted by Gasteiger charge is -2.28. The maximum absolute atomic E-state index is 12.6. The third kappa shape index (κ3) is 2.16. The molecule has 1 aromatic heterocycles. The average Bonchev–Trinajstić information content (AvgIpc) is 3.12. The fourth-order valence-electron chi connectivity index (χ4n) is 3.46. The van der Waals surface area contributed by atoms with E-state index >= 15 is 0 Å². The Morgan fingerprint density at radius 2 is 2.05 bits per heavy atom. The smallest absolute Gasteiger partial charge is 0.307 e. The predicted molar refractivity (Wildman–Crippen MR) is 76.1 cm³/mol. The summed E-state index contributed by atoms with van der Waals surface area (Å²) < 4.78 is 0. The molecule has 2 unspecified atom stereocenters. The number of carboxylic acid groups (broad SMARTS) is 1. The first kappa shape index (κ1) is 13.4. The third-order valence-corrected chi connectivity index (χ3v) is 5.24. The first-order valence-corrected chi connectivity index (χ1v) is 7.64. The predicted octanol–water partition coefficient (Wildman–Crippen LogP) is 2.23. The lowest BCUT2D eigenvalue weighted by molar-refractivity contribution is -0.150. The zero-order chi connectivity index (χ0) is 14.3. The van der Waals surface area contributed by atoms with E-state index in [1.165, 1.54) is 0 Å². The normalized spacial score (nSPS) is 30.6. The van der Waals surface area contributed by atoms with Crippen molar-refractivity contribution in [3.8, 4) is 0 Å². The summed E-state index contributed by atoms with van der Waals surface area (Å²) in [7, 11) is 1.76. The second kappa shape index (κ2) is 5.05. The molecule has 1 saturated carbocycles. The van der Waals surface area contributed by atoms with Gasteiger partial charge in [-0.1, -0.05) is 18.2 Å². The van der Waals surface area contributed by atoms with Gasteiger partial charge in [-0.25, -0.2) is 0 Å². The van der Waals surface area contributed by atoms with Crippen LogP contribution < -0.4 is 0 Å². The van der Waals surface area contributed by atoms with Crippen LogP contribution in [0.2, 0.25) is 0 Å². The molecule has 2 aliphatic carbocycles. The fourth-order valence-corrected chi connectivity index (χ4v) is 4.22. The number of aliphatic carboxylic acids is 1. The SMILES string of the molecule is CN(Cc1cccs1)C(=O)[C@H]1C2C=CC(C2)[C@H]1C(=O)O. The van der Waals surface area contributed by atoms with Crippen molar-refractivity contribution in [1.29, 1.82) is 0 Å². The number of thiophene rings is 1. The van der Waals surface area contributed by atoms with Crippen molar-refractivity contribution in [2.24, 2.45) is 23.7 Å². The molecule has 0 aliphatic heterocycles. The van der Waals surface area contributed by atoms with Gasteiger partial charge in [-0.2, -0.15) is 0 Å². The van der Waals surface area contributed by atoms with E-state index in [9.17, 15) is 14.7 Å². The molecular weight excluding hydrogens is 274 g/mol. The zero-order valence-corrected chi connectivity index (χ0v) is 12.0. The van der Waals surface area contributed by atoms with Crippen LogP contribution in [0.4, 0.5) is 0 Å². The van der Waals surface area contributed by atoms with Gasteiger partial charge in [0.25, 0.3) is 0 Å². The van der Waals surface area contributed by atoms with Crippen LogP contribution in [-0.4, -0.2) is 28.9 Å². The molecule has 2 aliphatic rings. The third-order valence-electron chi connectivity index (χ3n) is 4.38. The van der Waals surface area contributed by atoms with Crippen molar-refractivity contribution in [3.05, 3.63) is 34.5 Å². The number of amides is 1. The molecular formula is C15H17NO3S. The molecule has 0 saturated heterocycles. The second-order valence-corrected chi connectivity index (χ2v) is 6.64. The lowest BCUT2D eigenvalue weighted by atomic mass is 9.82. The monoisotopic (exact) mass is 291 g/mol. The minimum absolute atomic E-state index is 0.0292. The van der Waals surface area contributed by atoms with Crippen molar-refractivity contribution in [2.45, 2.75) is 13.0 Å². The van der Waals surface area contributed by atoms with Crippen LogP contribution in [0.3, 0.4) is 0 Å². The summed E-state index contributed by atoms with van der Waals surface area (Å²) in [5, 5.41) is 11.4. The van der Waals surface area contributed by atoms with Crippen molar-refractivity contribution in [1.82, 2.24) is 4.90 Å². The molecule has 106 valence electrons. The molecule has 5 heteroatoms. The van der Waals surface area contributed by atoms with E-state index in [4.69, 9.17) is 0 Å². The Morgan fingerprint density at radius 1 is 1.35 bits per heavy atom. The summed E-state index contributed by atoms with van der Waals surface area (Å²) in [6.45, 7) is 0.556. The molecule has 1 aromatic rings. The molecule has 4 nitrogen and oxygen atoms in total. The standard InChI is InChI=1S/C15H17NO3S/c1-16(8-11-3-2-6-20-11)14(17)12-9-4-5-10(7-9)13(12)15(18)19/h2-6,9-10,12-13H,7-8H2,1H3,(H,18,19)/t9?,10?,12-,13+/m0/s1. The van der Waals surface area contributed by atoms with E-state index in [0.29, 0.717) is 6.54 Å². The highest BCUT2D eigenvalue weighted by molar-refractivity contribution is 7.09. The van der Waals surface area contributed by atoms with Crippen molar-refractivity contribution >= 4 is 23.2 Å². The van der Waals surface area contributed by atoms with Gasteiger partial charge < -0.3 is 10.0 Å². The number of carboxylic acids is 1. The van der Waals surface area contributed by atoms with Crippen molar-refractivity contribution < 1.29 is 14.7 Å². The Bertz CT molecular complexity index is 551. The van der Waals surface area contributed by atoms with Gasteiger partial charge in [0.05, 0.1) is 18.4 Å². The molecule has 3 rings (SSSR count). The van der Waals surface area contributed by atoms with Gasteiger partial charge in [0.2, 0.25) is 5.91 Å². The van der Waals surface area contributed by atoms with Gasteiger partial charge in [0.15, 0.2) is 0 Å².